The van der Waals surface area contributed by atoms with Crippen molar-refractivity contribution in [3.8, 4) is 23.0 Å². The molecule has 3 aromatic carbocycles. The van der Waals surface area contributed by atoms with Gasteiger partial charge in [0, 0.05) is 25.0 Å². The smallest absolute Gasteiger partial charge is 0.311 e. The minimum Gasteiger partial charge on any atom is -0.493 e. The molecule has 2 N–H and O–H groups in total. The highest BCUT2D eigenvalue weighted by Crippen LogP contribution is 2.43. The number of hydrogen-bond acceptors (Lipinski definition) is 9. The number of carbonyl (C=O) groups is 1. The number of hydrogen-bond donors (Lipinski definition) is 2. The summed E-state index contributed by atoms with van der Waals surface area (Å²) >= 11 is 0. The average molecular weight is 675 g/mol. The highest BCUT2D eigenvalue weighted by molar-refractivity contribution is 7.85. The van der Waals surface area contributed by atoms with E-state index in [1.165, 1.54) is 23.3 Å². The molecule has 11 nitrogen and oxygen atoms in total. The Hall–Kier alpha value is -3.84. The number of rotatable bonds is 15. The van der Waals surface area contributed by atoms with Crippen LogP contribution in [0.25, 0.3) is 0 Å². The lowest BCUT2D eigenvalue weighted by molar-refractivity contribution is -0.940. The van der Waals surface area contributed by atoms with Gasteiger partial charge < -0.3 is 33.3 Å². The van der Waals surface area contributed by atoms with Crippen LogP contribution in [0.1, 0.15) is 48.4 Å². The van der Waals surface area contributed by atoms with Crippen LogP contribution in [0.5, 0.6) is 23.0 Å². The van der Waals surface area contributed by atoms with Gasteiger partial charge in [-0.1, -0.05) is 24.3 Å². The normalized spacial score (nSPS) is 17.0. The van der Waals surface area contributed by atoms with Gasteiger partial charge in [-0.15, -0.1) is 0 Å². The maximum absolute atomic E-state index is 12.6. The Balaban J connectivity index is 0.000000511. The van der Waals surface area contributed by atoms with Gasteiger partial charge >= 0.3 is 5.97 Å². The maximum Gasteiger partial charge on any atom is 0.311 e. The number of fused-ring (bicyclic) bond motifs is 1. The Morgan fingerprint density at radius 2 is 1.49 bits per heavy atom. The molecule has 0 spiro atoms. The maximum atomic E-state index is 12.6. The van der Waals surface area contributed by atoms with Crippen molar-refractivity contribution in [1.29, 1.82) is 0 Å². The third kappa shape index (κ3) is 10.6. The van der Waals surface area contributed by atoms with E-state index in [4.69, 9.17) is 33.3 Å². The molecule has 0 aromatic heterocycles. The van der Waals surface area contributed by atoms with Crippen molar-refractivity contribution < 1.29 is 51.0 Å². The first-order chi connectivity index (χ1) is 22.5. The molecule has 2 atom stereocenters. The van der Waals surface area contributed by atoms with Gasteiger partial charge in [-0.3, -0.25) is 9.35 Å². The number of carbonyl (C=O) groups excluding carboxylic acids is 1. The fourth-order valence-electron chi connectivity index (χ4n) is 5.75. The Bertz CT molecular complexity index is 1550. The van der Waals surface area contributed by atoms with Crippen LogP contribution in [0.15, 0.2) is 65.6 Å². The van der Waals surface area contributed by atoms with Crippen LogP contribution in [0.3, 0.4) is 0 Å². The zero-order chi connectivity index (χ0) is 34.5. The molecule has 0 amide bonds. The molecule has 258 valence electrons. The third-order valence-corrected chi connectivity index (χ3v) is 9.33. The second kappa shape index (κ2) is 17.9. The van der Waals surface area contributed by atoms with Crippen LogP contribution >= 0.6 is 0 Å². The Morgan fingerprint density at radius 1 is 0.851 bits per heavy atom. The predicted octanol–water partition coefficient (Wildman–Crippen LogP) is 5.04. The minimum atomic E-state index is -4.00. The van der Waals surface area contributed by atoms with Gasteiger partial charge in [-0.2, -0.15) is 8.42 Å². The van der Waals surface area contributed by atoms with Crippen LogP contribution < -0.4 is 18.9 Å². The standard InChI is InChI=1S/C29H42NO7.C6H6O3S/c1-30(14-12-29(32)37-16-8-6-7-15-31)13-11-22-19-27(35-4)28(36-5)20-23(22)24(30)17-21-9-10-25(33-2)26(18-21)34-3;7-10(8,9)6-4-2-1-3-5-6/h9-10,18-20,24,31H,6-8,11-17H2,1-5H3;1-5H,(H,7,8,9)/q+1;/t24-,30+;/m1./s1. The Labute approximate surface area is 278 Å². The molecule has 3 aromatic rings. The quantitative estimate of drug-likeness (QED) is 0.0977. The number of aliphatic hydroxyl groups excluding tert-OH is 1. The fourth-order valence-corrected chi connectivity index (χ4v) is 6.25. The van der Waals surface area contributed by atoms with E-state index in [1.807, 2.05) is 12.1 Å². The molecule has 0 unspecified atom stereocenters. The first-order valence-corrected chi connectivity index (χ1v) is 17.0. The molecule has 0 saturated heterocycles. The number of likely N-dealkylation sites (N-methyl/N-ethyl adjacent to an activating group) is 1. The largest absolute Gasteiger partial charge is 0.493 e. The van der Waals surface area contributed by atoms with E-state index in [2.05, 4.69) is 25.2 Å². The van der Waals surface area contributed by atoms with Crippen molar-refractivity contribution in [2.24, 2.45) is 0 Å². The molecular weight excluding hydrogens is 626 g/mol. The molecule has 0 radical (unpaired) electrons. The zero-order valence-corrected chi connectivity index (χ0v) is 28.8. The minimum absolute atomic E-state index is 0.0741. The SMILES string of the molecule is COc1ccc(C[C@@H]2c3cc(OC)c(OC)cc3CC[N@@+]2(C)CCC(=O)OCCCCCO)cc1OC.O=S(=O)(O)c1ccccc1. The van der Waals surface area contributed by atoms with Gasteiger partial charge in [0.15, 0.2) is 23.0 Å². The Morgan fingerprint density at radius 3 is 2.09 bits per heavy atom. The molecule has 0 bridgehead atoms. The van der Waals surface area contributed by atoms with Gasteiger partial charge in [-0.05, 0) is 66.8 Å². The molecule has 4 rings (SSSR count). The fraction of sp³-hybridized carbons (Fsp3) is 0.457. The highest BCUT2D eigenvalue weighted by atomic mass is 32.2. The van der Waals surface area contributed by atoms with Gasteiger partial charge in [0.05, 0.1) is 66.5 Å². The van der Waals surface area contributed by atoms with Crippen LogP contribution in [-0.4, -0.2) is 90.3 Å². The van der Waals surface area contributed by atoms with E-state index in [1.54, 1.807) is 46.6 Å². The monoisotopic (exact) mass is 674 g/mol. The molecule has 0 aliphatic carbocycles. The summed E-state index contributed by atoms with van der Waals surface area (Å²) in [6, 6.07) is 17.7. The average Bonchev–Trinajstić information content (AvgIpc) is 3.08. The van der Waals surface area contributed by atoms with Gasteiger partial charge in [0.25, 0.3) is 10.1 Å². The number of methoxy groups -OCH3 is 4. The third-order valence-electron chi connectivity index (χ3n) is 8.46. The summed E-state index contributed by atoms with van der Waals surface area (Å²) in [5.74, 6) is 2.65. The molecule has 1 aliphatic rings. The number of unbranched alkanes of at least 4 members (excludes halogenated alkanes) is 2. The van der Waals surface area contributed by atoms with Crippen LogP contribution in [-0.2, 0) is 32.5 Å². The van der Waals surface area contributed by atoms with Crippen LogP contribution in [0, 0.1) is 0 Å². The molecule has 1 heterocycles. The summed E-state index contributed by atoms with van der Waals surface area (Å²) in [4.78, 5) is 12.5. The van der Waals surface area contributed by atoms with Crippen molar-refractivity contribution in [3.05, 3.63) is 77.4 Å². The van der Waals surface area contributed by atoms with E-state index in [9.17, 15) is 13.2 Å². The number of quaternary nitrogens is 1. The lowest BCUT2D eigenvalue weighted by Gasteiger charge is -2.46. The topological polar surface area (TPSA) is 138 Å². The first-order valence-electron chi connectivity index (χ1n) is 15.6. The van der Waals surface area contributed by atoms with E-state index in [0.29, 0.717) is 41.3 Å². The predicted molar refractivity (Wildman–Crippen MR) is 178 cm³/mol. The van der Waals surface area contributed by atoms with E-state index >= 15 is 0 Å². The summed E-state index contributed by atoms with van der Waals surface area (Å²) in [5.41, 5.74) is 3.57. The van der Waals surface area contributed by atoms with Crippen molar-refractivity contribution in [1.82, 2.24) is 0 Å². The second-order valence-electron chi connectivity index (χ2n) is 11.5. The van der Waals surface area contributed by atoms with Crippen molar-refractivity contribution in [2.75, 3.05) is 61.8 Å². The lowest BCUT2D eigenvalue weighted by atomic mass is 9.86. The molecule has 12 heteroatoms. The van der Waals surface area contributed by atoms with Gasteiger partial charge in [-0.25, -0.2) is 0 Å². The zero-order valence-electron chi connectivity index (χ0n) is 27.9. The summed E-state index contributed by atoms with van der Waals surface area (Å²) in [6.45, 7) is 2.13. The molecule has 0 fully saturated rings. The van der Waals surface area contributed by atoms with Crippen molar-refractivity contribution >= 4 is 16.1 Å². The van der Waals surface area contributed by atoms with E-state index in [-0.39, 0.29) is 23.5 Å². The second-order valence-corrected chi connectivity index (χ2v) is 13.0. The summed E-state index contributed by atoms with van der Waals surface area (Å²) < 4.78 is 57.6. The summed E-state index contributed by atoms with van der Waals surface area (Å²) in [5, 5.41) is 8.91. The molecule has 1 aliphatic heterocycles. The van der Waals surface area contributed by atoms with Gasteiger partial charge in [0.1, 0.15) is 6.04 Å². The van der Waals surface area contributed by atoms with Crippen LogP contribution in [0.4, 0.5) is 0 Å². The highest BCUT2D eigenvalue weighted by Gasteiger charge is 2.40. The Kier molecular flexibility index (Phi) is 14.3. The van der Waals surface area contributed by atoms with Crippen molar-refractivity contribution in [3.63, 3.8) is 0 Å². The number of aliphatic hydroxyl groups is 1. The number of esters is 1. The van der Waals surface area contributed by atoms with E-state index in [0.717, 1.165) is 50.0 Å². The molecular formula is C35H48NO10S+. The van der Waals surface area contributed by atoms with Crippen molar-refractivity contribution in [2.45, 2.75) is 49.5 Å². The molecule has 0 saturated carbocycles. The number of ether oxygens (including phenoxy) is 5. The summed E-state index contributed by atoms with van der Waals surface area (Å²) in [7, 11) is 4.81. The van der Waals surface area contributed by atoms with Crippen LogP contribution in [0.2, 0.25) is 0 Å². The lowest BCUT2D eigenvalue weighted by Crippen LogP contribution is -2.53. The summed E-state index contributed by atoms with van der Waals surface area (Å²) in [6.07, 6.45) is 4.35. The van der Waals surface area contributed by atoms with Gasteiger partial charge in [0.2, 0.25) is 0 Å². The molecule has 47 heavy (non-hydrogen) atoms. The first kappa shape index (κ1) is 37.6. The van der Waals surface area contributed by atoms with E-state index < -0.39 is 10.1 Å². The number of benzene rings is 3. The number of nitrogens with zero attached hydrogens (tertiary/aromatic N) is 1.